The number of carbonyl (C=O) groups is 1. The molecule has 0 aromatic heterocycles. The van der Waals surface area contributed by atoms with Crippen LogP contribution >= 0.6 is 0 Å². The van der Waals surface area contributed by atoms with Crippen molar-refractivity contribution < 1.29 is 29.3 Å². The molecular formula is C20H19B2FO5. The van der Waals surface area contributed by atoms with E-state index in [0.29, 0.717) is 16.6 Å². The Balaban J connectivity index is 0.000000209. The van der Waals surface area contributed by atoms with Gasteiger partial charge in [-0.05, 0) is 29.6 Å². The van der Waals surface area contributed by atoms with Crippen LogP contribution in [0.5, 0.6) is 0 Å². The molecule has 142 valence electrons. The van der Waals surface area contributed by atoms with Gasteiger partial charge in [0, 0.05) is 11.0 Å². The van der Waals surface area contributed by atoms with E-state index in [0.717, 1.165) is 5.56 Å². The average molecular weight is 380 g/mol. The van der Waals surface area contributed by atoms with Gasteiger partial charge in [0.1, 0.15) is 5.82 Å². The number of halogens is 1. The van der Waals surface area contributed by atoms with Crippen LogP contribution in [0, 0.1) is 5.82 Å². The third-order valence-electron chi connectivity index (χ3n) is 4.00. The molecule has 0 bridgehead atoms. The van der Waals surface area contributed by atoms with Crippen LogP contribution in [0.1, 0.15) is 17.3 Å². The van der Waals surface area contributed by atoms with Gasteiger partial charge in [0.25, 0.3) is 0 Å². The summed E-state index contributed by atoms with van der Waals surface area (Å²) in [6, 6.07) is 19.8. The second-order valence-electron chi connectivity index (χ2n) is 6.03. The lowest BCUT2D eigenvalue weighted by molar-refractivity contribution is 0.101. The molecule has 5 nitrogen and oxygen atoms in total. The van der Waals surface area contributed by atoms with Crippen LogP contribution in [0.25, 0.3) is 11.1 Å². The summed E-state index contributed by atoms with van der Waals surface area (Å²) < 4.78 is 13.5. The Hall–Kier alpha value is -2.77. The van der Waals surface area contributed by atoms with Gasteiger partial charge in [-0.15, -0.1) is 0 Å². The summed E-state index contributed by atoms with van der Waals surface area (Å²) >= 11 is 0. The molecule has 0 atom stereocenters. The molecule has 0 radical (unpaired) electrons. The molecule has 0 aliphatic carbocycles. The average Bonchev–Trinajstić information content (AvgIpc) is 2.69. The molecule has 3 aromatic rings. The Morgan fingerprint density at radius 3 is 1.86 bits per heavy atom. The van der Waals surface area contributed by atoms with Crippen LogP contribution < -0.4 is 10.9 Å². The Bertz CT molecular complexity index is 916. The number of carbonyl (C=O) groups excluding carboxylic acids is 1. The van der Waals surface area contributed by atoms with Gasteiger partial charge in [-0.1, -0.05) is 66.7 Å². The Labute approximate surface area is 163 Å². The summed E-state index contributed by atoms with van der Waals surface area (Å²) in [4.78, 5) is 10.8. The molecule has 28 heavy (non-hydrogen) atoms. The van der Waals surface area contributed by atoms with Crippen molar-refractivity contribution in [3.63, 3.8) is 0 Å². The second kappa shape index (κ2) is 9.96. The highest BCUT2D eigenvalue weighted by Gasteiger charge is 2.16. The molecule has 8 heteroatoms. The van der Waals surface area contributed by atoms with E-state index in [1.165, 1.54) is 31.2 Å². The zero-order valence-electron chi connectivity index (χ0n) is 15.2. The summed E-state index contributed by atoms with van der Waals surface area (Å²) in [5.74, 6) is -0.648. The minimum atomic E-state index is -1.77. The van der Waals surface area contributed by atoms with Gasteiger partial charge in [-0.2, -0.15) is 0 Å². The minimum Gasteiger partial charge on any atom is -0.423 e. The number of hydrogen-bond acceptors (Lipinski definition) is 5. The van der Waals surface area contributed by atoms with Crippen molar-refractivity contribution in [2.75, 3.05) is 0 Å². The van der Waals surface area contributed by atoms with Gasteiger partial charge in [-0.3, -0.25) is 4.79 Å². The zero-order chi connectivity index (χ0) is 20.7. The van der Waals surface area contributed by atoms with Gasteiger partial charge >= 0.3 is 14.2 Å². The zero-order valence-corrected chi connectivity index (χ0v) is 15.2. The summed E-state index contributed by atoms with van der Waals surface area (Å²) in [5, 5.41) is 35.2. The predicted octanol–water partition coefficient (Wildman–Crippen LogP) is 0.741. The number of Topliss-reactive ketones (excluding diaryl/α,β-unsaturated/α-hetero) is 1. The van der Waals surface area contributed by atoms with Crippen LogP contribution in [0.2, 0.25) is 0 Å². The third kappa shape index (κ3) is 5.87. The van der Waals surface area contributed by atoms with Crippen LogP contribution in [-0.2, 0) is 0 Å². The summed E-state index contributed by atoms with van der Waals surface area (Å²) in [7, 11) is -3.24. The van der Waals surface area contributed by atoms with E-state index < -0.39 is 20.1 Å². The van der Waals surface area contributed by atoms with Crippen molar-refractivity contribution in [2.24, 2.45) is 0 Å². The number of hydrogen-bond donors (Lipinski definition) is 4. The molecule has 0 aliphatic rings. The van der Waals surface area contributed by atoms with Crippen molar-refractivity contribution in [1.29, 1.82) is 0 Å². The first-order chi connectivity index (χ1) is 13.3. The van der Waals surface area contributed by atoms with Gasteiger partial charge in [0.2, 0.25) is 0 Å². The maximum atomic E-state index is 13.5. The van der Waals surface area contributed by atoms with Crippen LogP contribution in [0.15, 0.2) is 72.8 Å². The molecule has 0 saturated carbocycles. The highest BCUT2D eigenvalue weighted by atomic mass is 19.1. The van der Waals surface area contributed by atoms with Crippen LogP contribution in [0.3, 0.4) is 0 Å². The van der Waals surface area contributed by atoms with Crippen LogP contribution in [0.4, 0.5) is 4.39 Å². The number of benzene rings is 3. The van der Waals surface area contributed by atoms with Gasteiger partial charge in [-0.25, -0.2) is 4.39 Å². The smallest absolute Gasteiger partial charge is 0.423 e. The highest BCUT2D eigenvalue weighted by Crippen LogP contribution is 2.18. The molecule has 3 aromatic carbocycles. The van der Waals surface area contributed by atoms with E-state index in [1.54, 1.807) is 18.2 Å². The third-order valence-corrected chi connectivity index (χ3v) is 4.00. The largest absolute Gasteiger partial charge is 0.491 e. The van der Waals surface area contributed by atoms with Crippen molar-refractivity contribution >= 4 is 30.9 Å². The fourth-order valence-electron chi connectivity index (χ4n) is 2.44. The Morgan fingerprint density at radius 2 is 1.39 bits per heavy atom. The molecule has 0 fully saturated rings. The van der Waals surface area contributed by atoms with E-state index in [-0.39, 0.29) is 11.2 Å². The molecule has 0 spiro atoms. The van der Waals surface area contributed by atoms with Crippen molar-refractivity contribution in [3.8, 4) is 11.1 Å². The quantitative estimate of drug-likeness (QED) is 0.396. The number of ketones is 1. The Kier molecular flexibility index (Phi) is 7.66. The minimum absolute atomic E-state index is 0.0334. The molecule has 0 heterocycles. The van der Waals surface area contributed by atoms with E-state index in [1.807, 2.05) is 30.3 Å². The van der Waals surface area contributed by atoms with E-state index in [9.17, 15) is 9.18 Å². The topological polar surface area (TPSA) is 98.0 Å². The first kappa shape index (κ1) is 21.5. The molecule has 3 rings (SSSR count). The lowest BCUT2D eigenvalue weighted by atomic mass is 9.79. The van der Waals surface area contributed by atoms with Crippen molar-refractivity contribution in [3.05, 3.63) is 84.2 Å². The predicted molar refractivity (Wildman–Crippen MR) is 108 cm³/mol. The molecule has 0 amide bonds. The SMILES string of the molecule is CC(=O)c1ccc(B(O)O)cc1.OB(O)c1ccc(-c2ccccc2)cc1F. The van der Waals surface area contributed by atoms with Gasteiger partial charge in [0.15, 0.2) is 5.78 Å². The summed E-state index contributed by atoms with van der Waals surface area (Å²) in [6.45, 7) is 1.46. The van der Waals surface area contributed by atoms with E-state index in [2.05, 4.69) is 0 Å². The number of rotatable bonds is 4. The second-order valence-corrected chi connectivity index (χ2v) is 6.03. The summed E-state index contributed by atoms with van der Waals surface area (Å²) in [6.07, 6.45) is 0. The molecular weight excluding hydrogens is 361 g/mol. The fraction of sp³-hybridized carbons (Fsp3) is 0.0500. The van der Waals surface area contributed by atoms with E-state index >= 15 is 0 Å². The first-order valence-electron chi connectivity index (χ1n) is 8.47. The maximum Gasteiger partial charge on any atom is 0.491 e. The monoisotopic (exact) mass is 380 g/mol. The molecule has 4 N–H and O–H groups in total. The molecule has 0 aliphatic heterocycles. The lowest BCUT2D eigenvalue weighted by Gasteiger charge is -2.05. The molecule has 0 saturated heterocycles. The normalized spacial score (nSPS) is 9.93. The van der Waals surface area contributed by atoms with E-state index in [4.69, 9.17) is 20.1 Å². The van der Waals surface area contributed by atoms with Gasteiger partial charge in [0.05, 0.1) is 0 Å². The van der Waals surface area contributed by atoms with Gasteiger partial charge < -0.3 is 20.1 Å². The summed E-state index contributed by atoms with van der Waals surface area (Å²) in [5.41, 5.74) is 2.45. The first-order valence-corrected chi connectivity index (χ1v) is 8.47. The highest BCUT2D eigenvalue weighted by molar-refractivity contribution is 6.59. The lowest BCUT2D eigenvalue weighted by Crippen LogP contribution is -2.32. The maximum absolute atomic E-state index is 13.5. The van der Waals surface area contributed by atoms with Crippen molar-refractivity contribution in [2.45, 2.75) is 6.92 Å². The fourth-order valence-corrected chi connectivity index (χ4v) is 2.44. The Morgan fingerprint density at radius 1 is 0.786 bits per heavy atom. The standard InChI is InChI=1S/C12H10BFO2.C8H9BO3/c14-12-8-10(6-7-11(12)13(15)16)9-4-2-1-3-5-9;1-6(10)7-2-4-8(5-3-7)9(11)12/h1-8,15-16H;2-5,11-12H,1H3. The van der Waals surface area contributed by atoms with Crippen molar-refractivity contribution in [1.82, 2.24) is 0 Å². The van der Waals surface area contributed by atoms with Crippen LogP contribution in [-0.4, -0.2) is 40.1 Å². The molecule has 0 unspecified atom stereocenters.